The number of amides is 1. The van der Waals surface area contributed by atoms with Crippen LogP contribution in [0, 0.1) is 0 Å². The predicted molar refractivity (Wildman–Crippen MR) is 69.8 cm³/mol. The van der Waals surface area contributed by atoms with E-state index < -0.39 is 17.4 Å². The monoisotopic (exact) mass is 263 g/mol. The number of nitrogens with two attached hydrogens (primary N) is 1. The minimum atomic E-state index is -0.833. The van der Waals surface area contributed by atoms with Crippen LogP contribution in [0.2, 0.25) is 0 Å². The smallest absolute Gasteiger partial charge is 0.305 e. The summed E-state index contributed by atoms with van der Waals surface area (Å²) in [7, 11) is 0. The fourth-order valence-corrected chi connectivity index (χ4v) is 2.60. The van der Waals surface area contributed by atoms with Crippen LogP contribution >= 0.6 is 0 Å². The molecule has 1 fully saturated rings. The molecule has 102 valence electrons. The van der Waals surface area contributed by atoms with Crippen molar-refractivity contribution in [1.82, 2.24) is 4.98 Å². The number of anilines is 1. The number of aliphatic carboxylic acids is 1. The van der Waals surface area contributed by atoms with E-state index in [0.717, 1.165) is 25.7 Å². The average molecular weight is 263 g/mol. The van der Waals surface area contributed by atoms with E-state index in [1.54, 1.807) is 12.1 Å². The molecule has 0 atom stereocenters. The maximum absolute atomic E-state index is 11.1. The summed E-state index contributed by atoms with van der Waals surface area (Å²) in [5.74, 6) is -0.928. The van der Waals surface area contributed by atoms with Gasteiger partial charge in [-0.2, -0.15) is 0 Å². The minimum Gasteiger partial charge on any atom is -0.481 e. The maximum atomic E-state index is 11.1. The summed E-state index contributed by atoms with van der Waals surface area (Å²) < 4.78 is 0. The molecule has 4 N–H and O–H groups in total. The summed E-state index contributed by atoms with van der Waals surface area (Å²) in [5.41, 5.74) is 4.89. The fraction of sp³-hybridized carbons (Fsp3) is 0.462. The molecule has 6 heteroatoms. The van der Waals surface area contributed by atoms with E-state index in [0.29, 0.717) is 5.82 Å². The molecule has 6 nitrogen and oxygen atoms in total. The standard InChI is InChI=1S/C13H17N3O3/c14-12(19)9-4-3-5-10(15-9)16-13(8-11(17)18)6-1-2-7-13/h3-5H,1-2,6-8H2,(H2,14,19)(H,15,16)(H,17,18). The van der Waals surface area contributed by atoms with Gasteiger partial charge in [-0.05, 0) is 25.0 Å². The van der Waals surface area contributed by atoms with Crippen LogP contribution in [-0.4, -0.2) is 27.5 Å². The van der Waals surface area contributed by atoms with E-state index in [1.165, 1.54) is 6.07 Å². The van der Waals surface area contributed by atoms with Crippen molar-refractivity contribution < 1.29 is 14.7 Å². The van der Waals surface area contributed by atoms with E-state index >= 15 is 0 Å². The van der Waals surface area contributed by atoms with Crippen LogP contribution in [0.15, 0.2) is 18.2 Å². The average Bonchev–Trinajstić information content (AvgIpc) is 2.76. The Kier molecular flexibility index (Phi) is 3.69. The Labute approximate surface area is 111 Å². The van der Waals surface area contributed by atoms with E-state index in [9.17, 15) is 9.59 Å². The first-order valence-corrected chi connectivity index (χ1v) is 6.28. The number of hydrogen-bond acceptors (Lipinski definition) is 4. The maximum Gasteiger partial charge on any atom is 0.305 e. The molecule has 19 heavy (non-hydrogen) atoms. The van der Waals surface area contributed by atoms with Crippen LogP contribution in [0.25, 0.3) is 0 Å². The number of nitrogens with one attached hydrogen (secondary N) is 1. The molecule has 1 aromatic rings. The molecule has 1 aromatic heterocycles. The van der Waals surface area contributed by atoms with Gasteiger partial charge in [0.15, 0.2) is 0 Å². The molecular formula is C13H17N3O3. The first kappa shape index (κ1) is 13.3. The van der Waals surface area contributed by atoms with Crippen LogP contribution in [0.3, 0.4) is 0 Å². The van der Waals surface area contributed by atoms with Crippen LogP contribution in [0.1, 0.15) is 42.6 Å². The van der Waals surface area contributed by atoms with E-state index in [1.807, 2.05) is 0 Å². The summed E-state index contributed by atoms with van der Waals surface area (Å²) in [4.78, 5) is 26.2. The molecule has 0 radical (unpaired) electrons. The zero-order chi connectivity index (χ0) is 13.9. The molecule has 0 saturated heterocycles. The Morgan fingerprint density at radius 2 is 2.05 bits per heavy atom. The molecule has 0 aromatic carbocycles. The zero-order valence-electron chi connectivity index (χ0n) is 10.6. The number of carboxylic acid groups (broad SMARTS) is 1. The normalized spacial score (nSPS) is 17.1. The number of carboxylic acids is 1. The van der Waals surface area contributed by atoms with Crippen molar-refractivity contribution in [2.45, 2.75) is 37.6 Å². The summed E-state index contributed by atoms with van der Waals surface area (Å²) in [6.45, 7) is 0. The molecule has 0 aliphatic heterocycles. The Morgan fingerprint density at radius 1 is 1.37 bits per heavy atom. The third-order valence-electron chi connectivity index (χ3n) is 3.45. The van der Waals surface area contributed by atoms with Crippen LogP contribution in [0.5, 0.6) is 0 Å². The van der Waals surface area contributed by atoms with Gasteiger partial charge in [0.05, 0.1) is 6.42 Å². The third kappa shape index (κ3) is 3.21. The quantitative estimate of drug-likeness (QED) is 0.744. The lowest BCUT2D eigenvalue weighted by molar-refractivity contribution is -0.138. The molecule has 1 aliphatic rings. The number of carbonyl (C=O) groups excluding carboxylic acids is 1. The van der Waals surface area contributed by atoms with Crippen LogP contribution < -0.4 is 11.1 Å². The lowest BCUT2D eigenvalue weighted by Gasteiger charge is -2.29. The minimum absolute atomic E-state index is 0.0511. The highest BCUT2D eigenvalue weighted by Gasteiger charge is 2.36. The number of aromatic nitrogens is 1. The summed E-state index contributed by atoms with van der Waals surface area (Å²) >= 11 is 0. The van der Waals surface area contributed by atoms with Gasteiger partial charge < -0.3 is 16.2 Å². The van der Waals surface area contributed by atoms with E-state index in [2.05, 4.69) is 10.3 Å². The Balaban J connectivity index is 2.19. The van der Waals surface area contributed by atoms with Crippen molar-refractivity contribution in [1.29, 1.82) is 0 Å². The molecule has 2 rings (SSSR count). The molecule has 1 saturated carbocycles. The van der Waals surface area contributed by atoms with Crippen molar-refractivity contribution in [3.63, 3.8) is 0 Å². The molecule has 0 bridgehead atoms. The van der Waals surface area contributed by atoms with Gasteiger partial charge >= 0.3 is 5.97 Å². The third-order valence-corrected chi connectivity index (χ3v) is 3.45. The van der Waals surface area contributed by atoms with Crippen molar-refractivity contribution in [3.05, 3.63) is 23.9 Å². The van der Waals surface area contributed by atoms with Gasteiger partial charge in [-0.15, -0.1) is 0 Å². The number of carbonyl (C=O) groups is 2. The number of pyridine rings is 1. The van der Waals surface area contributed by atoms with Crippen molar-refractivity contribution in [2.24, 2.45) is 5.73 Å². The lowest BCUT2D eigenvalue weighted by atomic mass is 9.93. The second-order valence-corrected chi connectivity index (χ2v) is 4.96. The topological polar surface area (TPSA) is 105 Å². The largest absolute Gasteiger partial charge is 0.481 e. The second-order valence-electron chi connectivity index (χ2n) is 4.96. The number of rotatable bonds is 5. The van der Waals surface area contributed by atoms with Gasteiger partial charge in [-0.1, -0.05) is 18.9 Å². The molecule has 1 aliphatic carbocycles. The van der Waals surface area contributed by atoms with Gasteiger partial charge in [0, 0.05) is 5.54 Å². The highest BCUT2D eigenvalue weighted by atomic mass is 16.4. The fourth-order valence-electron chi connectivity index (χ4n) is 2.60. The van der Waals surface area contributed by atoms with Crippen molar-refractivity contribution in [3.8, 4) is 0 Å². The highest BCUT2D eigenvalue weighted by Crippen LogP contribution is 2.35. The Bertz CT molecular complexity index is 496. The van der Waals surface area contributed by atoms with Crippen molar-refractivity contribution >= 4 is 17.7 Å². The van der Waals surface area contributed by atoms with Gasteiger partial charge in [0.25, 0.3) is 5.91 Å². The summed E-state index contributed by atoms with van der Waals surface area (Å²) in [6.07, 6.45) is 3.63. The second kappa shape index (κ2) is 5.26. The molecule has 1 heterocycles. The summed E-state index contributed by atoms with van der Waals surface area (Å²) in [5, 5.41) is 12.2. The van der Waals surface area contributed by atoms with Crippen molar-refractivity contribution in [2.75, 3.05) is 5.32 Å². The SMILES string of the molecule is NC(=O)c1cccc(NC2(CC(=O)O)CCCC2)n1. The van der Waals surface area contributed by atoms with Gasteiger partial charge in [0.2, 0.25) is 0 Å². The first-order chi connectivity index (χ1) is 9.01. The molecular weight excluding hydrogens is 246 g/mol. The number of hydrogen-bond donors (Lipinski definition) is 3. The molecule has 0 spiro atoms. The van der Waals surface area contributed by atoms with E-state index in [-0.39, 0.29) is 12.1 Å². The predicted octanol–water partition coefficient (Wildman–Crippen LogP) is 1.38. The number of primary amides is 1. The van der Waals surface area contributed by atoms with Gasteiger partial charge in [-0.25, -0.2) is 4.98 Å². The zero-order valence-corrected chi connectivity index (χ0v) is 10.6. The molecule has 0 unspecified atom stereocenters. The first-order valence-electron chi connectivity index (χ1n) is 6.28. The summed E-state index contributed by atoms with van der Waals surface area (Å²) in [6, 6.07) is 4.93. The van der Waals surface area contributed by atoms with Crippen LogP contribution in [-0.2, 0) is 4.79 Å². The van der Waals surface area contributed by atoms with E-state index in [4.69, 9.17) is 10.8 Å². The van der Waals surface area contributed by atoms with Gasteiger partial charge in [-0.3, -0.25) is 9.59 Å². The lowest BCUT2D eigenvalue weighted by Crippen LogP contribution is -2.38. The van der Waals surface area contributed by atoms with Gasteiger partial charge in [0.1, 0.15) is 11.5 Å². The van der Waals surface area contributed by atoms with Crippen LogP contribution in [0.4, 0.5) is 5.82 Å². The number of nitrogens with zero attached hydrogens (tertiary/aromatic N) is 1. The Morgan fingerprint density at radius 3 is 2.63 bits per heavy atom. The highest BCUT2D eigenvalue weighted by molar-refractivity contribution is 5.91. The molecule has 1 amide bonds. The Hall–Kier alpha value is -2.11.